The minimum absolute atomic E-state index is 0.189. The summed E-state index contributed by atoms with van der Waals surface area (Å²) in [6.45, 7) is 0. The molecule has 0 atom stereocenters. The van der Waals surface area contributed by atoms with Crippen molar-refractivity contribution >= 4 is 46.1 Å². The Bertz CT molecular complexity index is 1450. The standard InChI is InChI=1S/C27H19N3O3S/c31-25(17-15-21-14-16-23(32-21)18-6-2-1-3-7-18)30-27(34)28-20-12-10-19(11-13-20)26-29-22-8-4-5-9-24(22)33-26/h1-17H,(H2,28,30,31,34)/b17-15+. The van der Waals surface area contributed by atoms with Gasteiger partial charge in [-0.3, -0.25) is 10.1 Å². The van der Waals surface area contributed by atoms with Crippen LogP contribution in [0.1, 0.15) is 5.76 Å². The van der Waals surface area contributed by atoms with E-state index in [-0.39, 0.29) is 11.0 Å². The number of oxazole rings is 1. The van der Waals surface area contributed by atoms with Crippen molar-refractivity contribution in [1.82, 2.24) is 10.3 Å². The number of hydrogen-bond acceptors (Lipinski definition) is 5. The summed E-state index contributed by atoms with van der Waals surface area (Å²) in [6, 6.07) is 28.5. The van der Waals surface area contributed by atoms with Gasteiger partial charge in [-0.2, -0.15) is 0 Å². The summed E-state index contributed by atoms with van der Waals surface area (Å²) >= 11 is 5.25. The lowest BCUT2D eigenvalue weighted by Crippen LogP contribution is -2.32. The lowest BCUT2D eigenvalue weighted by Gasteiger charge is -2.08. The molecule has 5 rings (SSSR count). The second-order valence-electron chi connectivity index (χ2n) is 7.41. The van der Waals surface area contributed by atoms with Crippen LogP contribution in [0.4, 0.5) is 5.69 Å². The molecule has 1 amide bonds. The lowest BCUT2D eigenvalue weighted by atomic mass is 10.2. The van der Waals surface area contributed by atoms with Gasteiger partial charge in [0.05, 0.1) is 0 Å². The van der Waals surface area contributed by atoms with Crippen LogP contribution in [0.15, 0.2) is 106 Å². The summed E-state index contributed by atoms with van der Waals surface area (Å²) in [5, 5.41) is 5.80. The van der Waals surface area contributed by atoms with Crippen molar-refractivity contribution in [1.29, 1.82) is 0 Å². The van der Waals surface area contributed by atoms with Crippen LogP contribution in [-0.4, -0.2) is 16.0 Å². The molecular formula is C27H19N3O3S. The smallest absolute Gasteiger partial charge is 0.250 e. The molecule has 166 valence electrons. The number of nitrogens with one attached hydrogen (secondary N) is 2. The summed E-state index contributed by atoms with van der Waals surface area (Å²) < 4.78 is 11.5. The first-order valence-corrected chi connectivity index (χ1v) is 11.0. The average Bonchev–Trinajstić information content (AvgIpc) is 3.51. The molecular weight excluding hydrogens is 446 g/mol. The van der Waals surface area contributed by atoms with Crippen molar-refractivity contribution in [2.24, 2.45) is 0 Å². The minimum Gasteiger partial charge on any atom is -0.457 e. The van der Waals surface area contributed by atoms with Gasteiger partial charge in [0.2, 0.25) is 11.8 Å². The highest BCUT2D eigenvalue weighted by molar-refractivity contribution is 7.80. The first-order valence-electron chi connectivity index (χ1n) is 10.6. The second-order valence-corrected chi connectivity index (χ2v) is 7.82. The molecule has 34 heavy (non-hydrogen) atoms. The Hall–Kier alpha value is -4.49. The monoisotopic (exact) mass is 465 g/mol. The summed E-state index contributed by atoms with van der Waals surface area (Å²) in [5.41, 5.74) is 4.09. The van der Waals surface area contributed by atoms with Crippen LogP contribution in [0, 0.1) is 0 Å². The molecule has 0 aliphatic carbocycles. The number of hydrogen-bond donors (Lipinski definition) is 2. The van der Waals surface area contributed by atoms with Gasteiger partial charge in [0.1, 0.15) is 17.0 Å². The molecule has 2 aromatic heterocycles. The third kappa shape index (κ3) is 4.95. The lowest BCUT2D eigenvalue weighted by molar-refractivity contribution is -0.115. The molecule has 3 aromatic carbocycles. The summed E-state index contributed by atoms with van der Waals surface area (Å²) in [4.78, 5) is 16.7. The van der Waals surface area contributed by atoms with Gasteiger partial charge < -0.3 is 14.2 Å². The number of carbonyl (C=O) groups is 1. The van der Waals surface area contributed by atoms with Gasteiger partial charge in [-0.15, -0.1) is 0 Å². The fourth-order valence-corrected chi connectivity index (χ4v) is 3.58. The van der Waals surface area contributed by atoms with E-state index in [2.05, 4.69) is 15.6 Å². The molecule has 0 unspecified atom stereocenters. The quantitative estimate of drug-likeness (QED) is 0.235. The highest BCUT2D eigenvalue weighted by Crippen LogP contribution is 2.25. The van der Waals surface area contributed by atoms with Crippen LogP contribution in [-0.2, 0) is 4.79 Å². The van der Waals surface area contributed by atoms with E-state index < -0.39 is 0 Å². The molecule has 0 spiro atoms. The number of anilines is 1. The van der Waals surface area contributed by atoms with Crippen molar-refractivity contribution in [2.75, 3.05) is 5.32 Å². The molecule has 7 heteroatoms. The molecule has 0 radical (unpaired) electrons. The predicted octanol–water partition coefficient (Wildman–Crippen LogP) is 6.28. The molecule has 6 nitrogen and oxygen atoms in total. The molecule has 5 aromatic rings. The molecule has 0 aliphatic rings. The molecule has 2 N–H and O–H groups in total. The molecule has 0 saturated heterocycles. The zero-order valence-corrected chi connectivity index (χ0v) is 18.7. The first-order chi connectivity index (χ1) is 16.6. The number of benzene rings is 3. The zero-order chi connectivity index (χ0) is 23.3. The van der Waals surface area contributed by atoms with Gasteiger partial charge >= 0.3 is 0 Å². The maximum Gasteiger partial charge on any atom is 0.250 e. The van der Waals surface area contributed by atoms with Gasteiger partial charge in [0.25, 0.3) is 0 Å². The van der Waals surface area contributed by atoms with Crippen LogP contribution in [0.2, 0.25) is 0 Å². The second kappa shape index (κ2) is 9.56. The summed E-state index contributed by atoms with van der Waals surface area (Å²) in [6.07, 6.45) is 2.97. The number of amides is 1. The number of rotatable bonds is 5. The SMILES string of the molecule is O=C(/C=C/c1ccc(-c2ccccc2)o1)NC(=S)Nc1ccc(-c2nc3ccccc3o2)cc1. The van der Waals surface area contributed by atoms with Gasteiger partial charge in [0.15, 0.2) is 10.7 Å². The van der Waals surface area contributed by atoms with E-state index in [1.165, 1.54) is 6.08 Å². The van der Waals surface area contributed by atoms with Crippen LogP contribution < -0.4 is 10.6 Å². The summed E-state index contributed by atoms with van der Waals surface area (Å²) in [5.74, 6) is 1.49. The number of fused-ring (bicyclic) bond motifs is 1. The fraction of sp³-hybridized carbons (Fsp3) is 0. The van der Waals surface area contributed by atoms with Crippen molar-refractivity contribution < 1.29 is 13.6 Å². The van der Waals surface area contributed by atoms with Crippen LogP contribution in [0.5, 0.6) is 0 Å². The number of carbonyl (C=O) groups excluding carboxylic acids is 1. The van der Waals surface area contributed by atoms with Crippen molar-refractivity contribution in [2.45, 2.75) is 0 Å². The Kier molecular flexibility index (Phi) is 6.01. The van der Waals surface area contributed by atoms with Gasteiger partial charge in [-0.05, 0) is 66.8 Å². The normalized spacial score (nSPS) is 11.1. The van der Waals surface area contributed by atoms with Gasteiger partial charge in [-0.1, -0.05) is 42.5 Å². The predicted molar refractivity (Wildman–Crippen MR) is 137 cm³/mol. The highest BCUT2D eigenvalue weighted by atomic mass is 32.1. The van der Waals surface area contributed by atoms with E-state index in [9.17, 15) is 4.79 Å². The molecule has 0 aliphatic heterocycles. The number of aromatic nitrogens is 1. The molecule has 0 fully saturated rings. The van der Waals surface area contributed by atoms with E-state index in [1.807, 2.05) is 84.9 Å². The Morgan fingerprint density at radius 2 is 1.59 bits per heavy atom. The maximum absolute atomic E-state index is 12.2. The topological polar surface area (TPSA) is 80.3 Å². The van der Waals surface area contributed by atoms with E-state index in [0.717, 1.165) is 33.7 Å². The van der Waals surface area contributed by atoms with Crippen LogP contribution >= 0.6 is 12.2 Å². The molecule has 2 heterocycles. The molecule has 0 saturated carbocycles. The Labute approximate surface area is 200 Å². The van der Waals surface area contributed by atoms with E-state index in [1.54, 1.807) is 12.1 Å². The number of para-hydroxylation sites is 2. The first kappa shape index (κ1) is 21.4. The zero-order valence-electron chi connectivity index (χ0n) is 17.9. The Balaban J connectivity index is 1.16. The van der Waals surface area contributed by atoms with Crippen LogP contribution in [0.25, 0.3) is 40.0 Å². The fourth-order valence-electron chi connectivity index (χ4n) is 3.37. The Morgan fingerprint density at radius 3 is 2.38 bits per heavy atom. The number of nitrogens with zero attached hydrogens (tertiary/aromatic N) is 1. The van der Waals surface area contributed by atoms with Crippen LogP contribution in [0.3, 0.4) is 0 Å². The van der Waals surface area contributed by atoms with Crippen molar-refractivity contribution in [3.8, 4) is 22.8 Å². The highest BCUT2D eigenvalue weighted by Gasteiger charge is 2.08. The third-order valence-electron chi connectivity index (χ3n) is 5.00. The maximum atomic E-state index is 12.2. The molecule has 0 bridgehead atoms. The van der Waals surface area contributed by atoms with E-state index >= 15 is 0 Å². The van der Waals surface area contributed by atoms with Gasteiger partial charge in [-0.25, -0.2) is 4.98 Å². The number of thiocarbonyl (C=S) groups is 1. The van der Waals surface area contributed by atoms with Crippen molar-refractivity contribution in [3.05, 3.63) is 103 Å². The minimum atomic E-state index is -0.363. The number of furan rings is 1. The third-order valence-corrected chi connectivity index (χ3v) is 5.21. The largest absolute Gasteiger partial charge is 0.457 e. The van der Waals surface area contributed by atoms with Crippen molar-refractivity contribution in [3.63, 3.8) is 0 Å². The summed E-state index contributed by atoms with van der Waals surface area (Å²) in [7, 11) is 0. The average molecular weight is 466 g/mol. The van der Waals surface area contributed by atoms with E-state index in [0.29, 0.717) is 11.7 Å². The van der Waals surface area contributed by atoms with E-state index in [4.69, 9.17) is 21.1 Å². The Morgan fingerprint density at radius 1 is 0.824 bits per heavy atom. The van der Waals surface area contributed by atoms with Gasteiger partial charge in [0, 0.05) is 22.9 Å².